The minimum atomic E-state index is -0.449. The van der Waals surface area contributed by atoms with E-state index in [1.165, 1.54) is 0 Å². The molecule has 1 aromatic heterocycles. The molecular formula is C21H27AsN3O3. The summed E-state index contributed by atoms with van der Waals surface area (Å²) in [5.41, 5.74) is 1.42. The molecule has 1 saturated heterocycles. The van der Waals surface area contributed by atoms with Gasteiger partial charge in [0.2, 0.25) is 0 Å². The minimum absolute atomic E-state index is 0.0871. The Bertz CT molecular complexity index is 815. The third kappa shape index (κ3) is 5.48. The molecule has 149 valence electrons. The molecule has 2 heterocycles. The van der Waals surface area contributed by atoms with Crippen LogP contribution in [0.5, 0.6) is 5.75 Å². The van der Waals surface area contributed by atoms with Crippen molar-refractivity contribution >= 4 is 26.3 Å². The van der Waals surface area contributed by atoms with Gasteiger partial charge in [-0.2, -0.15) is 0 Å². The first-order valence-corrected chi connectivity index (χ1v) is 11.5. The number of hydrogen-bond donors (Lipinski definition) is 0. The van der Waals surface area contributed by atoms with Gasteiger partial charge in [-0.1, -0.05) is 0 Å². The molecule has 0 unspecified atom stereocenters. The van der Waals surface area contributed by atoms with E-state index < -0.39 is 5.60 Å². The number of carbonyl (C=O) groups excluding carboxylic acids is 1. The zero-order valence-electron chi connectivity index (χ0n) is 16.9. The summed E-state index contributed by atoms with van der Waals surface area (Å²) in [7, 11) is 1.67. The fraction of sp³-hybridized carbons (Fsp3) is 0.476. The summed E-state index contributed by atoms with van der Waals surface area (Å²) in [5, 5.41) is 0. The summed E-state index contributed by atoms with van der Waals surface area (Å²) in [4.78, 5) is 23.0. The Morgan fingerprint density at radius 3 is 2.57 bits per heavy atom. The van der Waals surface area contributed by atoms with E-state index in [2.05, 4.69) is 16.0 Å². The van der Waals surface area contributed by atoms with Crippen LogP contribution in [0.4, 0.5) is 4.79 Å². The van der Waals surface area contributed by atoms with Crippen molar-refractivity contribution in [1.29, 1.82) is 0 Å². The van der Waals surface area contributed by atoms with Crippen LogP contribution in [0.1, 0.15) is 33.6 Å². The van der Waals surface area contributed by atoms with Gasteiger partial charge >= 0.3 is 173 Å². The van der Waals surface area contributed by atoms with Gasteiger partial charge in [-0.25, -0.2) is 0 Å². The van der Waals surface area contributed by atoms with Gasteiger partial charge in [0.05, 0.1) is 0 Å². The molecule has 1 amide bonds. The summed E-state index contributed by atoms with van der Waals surface area (Å²) in [5.74, 6) is 0.814. The number of piperidine rings is 1. The summed E-state index contributed by atoms with van der Waals surface area (Å²) in [6.45, 7) is 7.20. The molecule has 7 heteroatoms. The zero-order chi connectivity index (χ0) is 20.1. The number of aromatic nitrogens is 2. The molecule has 6 nitrogen and oxygen atoms in total. The Hall–Kier alpha value is -2.07. The Labute approximate surface area is 173 Å². The van der Waals surface area contributed by atoms with Crippen LogP contribution in [0, 0.1) is 0 Å². The van der Waals surface area contributed by atoms with Gasteiger partial charge in [0.25, 0.3) is 0 Å². The molecular weight excluding hydrogens is 417 g/mol. The number of ether oxygens (including phenoxy) is 2. The predicted octanol–water partition coefficient (Wildman–Crippen LogP) is 3.30. The molecule has 1 aromatic carbocycles. The first-order chi connectivity index (χ1) is 13.4. The van der Waals surface area contributed by atoms with Gasteiger partial charge in [0.1, 0.15) is 0 Å². The van der Waals surface area contributed by atoms with Crippen LogP contribution in [0.2, 0.25) is 4.71 Å². The fourth-order valence-corrected chi connectivity index (χ4v) is 5.58. The second-order valence-corrected chi connectivity index (χ2v) is 10.8. The van der Waals surface area contributed by atoms with E-state index in [4.69, 9.17) is 9.47 Å². The van der Waals surface area contributed by atoms with E-state index in [-0.39, 0.29) is 21.8 Å². The van der Waals surface area contributed by atoms with Crippen LogP contribution < -0.4 is 9.22 Å². The number of rotatable bonds is 4. The van der Waals surface area contributed by atoms with Gasteiger partial charge < -0.3 is 0 Å². The van der Waals surface area contributed by atoms with Gasteiger partial charge in [-0.15, -0.1) is 0 Å². The molecule has 0 saturated carbocycles. The number of hydrogen-bond acceptors (Lipinski definition) is 5. The molecule has 0 atom stereocenters. The molecule has 0 aliphatic carbocycles. The number of para-hydroxylation sites is 1. The van der Waals surface area contributed by atoms with E-state index in [0.717, 1.165) is 47.4 Å². The van der Waals surface area contributed by atoms with E-state index in [1.54, 1.807) is 13.4 Å². The predicted molar refractivity (Wildman–Crippen MR) is 110 cm³/mol. The zero-order valence-corrected chi connectivity index (χ0v) is 18.8. The molecule has 1 aliphatic rings. The van der Waals surface area contributed by atoms with Crippen LogP contribution in [-0.4, -0.2) is 62.5 Å². The van der Waals surface area contributed by atoms with Gasteiger partial charge in [0, 0.05) is 0 Å². The number of methoxy groups -OCH3 is 1. The molecule has 0 spiro atoms. The van der Waals surface area contributed by atoms with Crippen molar-refractivity contribution in [3.8, 4) is 17.0 Å². The first-order valence-electron chi connectivity index (χ1n) is 9.50. The Balaban J connectivity index is 1.61. The van der Waals surface area contributed by atoms with Gasteiger partial charge in [-0.3, -0.25) is 0 Å². The summed E-state index contributed by atoms with van der Waals surface area (Å²) >= 11 is -0.0871. The van der Waals surface area contributed by atoms with Gasteiger partial charge in [0.15, 0.2) is 0 Å². The van der Waals surface area contributed by atoms with Crippen LogP contribution in [0.25, 0.3) is 11.3 Å². The molecule has 0 N–H and O–H groups in total. The second-order valence-electron chi connectivity index (χ2n) is 7.79. The Morgan fingerprint density at radius 2 is 1.89 bits per heavy atom. The van der Waals surface area contributed by atoms with E-state index in [0.29, 0.717) is 4.71 Å². The first kappa shape index (κ1) is 20.7. The summed E-state index contributed by atoms with van der Waals surface area (Å²) < 4.78 is 12.6. The van der Waals surface area contributed by atoms with Gasteiger partial charge in [-0.05, 0) is 0 Å². The average molecular weight is 444 g/mol. The maximum absolute atomic E-state index is 12.2. The normalized spacial score (nSPS) is 15.8. The fourth-order valence-electron chi connectivity index (χ4n) is 3.11. The van der Waals surface area contributed by atoms with Crippen molar-refractivity contribution in [2.75, 3.05) is 20.2 Å². The number of likely N-dealkylation sites (tertiary alicyclic amines) is 1. The molecule has 1 radical (unpaired) electrons. The van der Waals surface area contributed by atoms with E-state index >= 15 is 0 Å². The number of amides is 1. The molecule has 2 aromatic rings. The molecule has 28 heavy (non-hydrogen) atoms. The molecule has 1 fully saturated rings. The van der Waals surface area contributed by atoms with Crippen molar-refractivity contribution in [2.45, 2.75) is 43.9 Å². The van der Waals surface area contributed by atoms with Crippen molar-refractivity contribution in [2.24, 2.45) is 0 Å². The third-order valence-corrected chi connectivity index (χ3v) is 7.38. The van der Waals surface area contributed by atoms with Crippen LogP contribution in [0.15, 0.2) is 36.7 Å². The number of carbonyl (C=O) groups is 1. The quantitative estimate of drug-likeness (QED) is 0.678. The molecule has 3 rings (SSSR count). The van der Waals surface area contributed by atoms with Crippen molar-refractivity contribution in [3.63, 3.8) is 0 Å². The van der Waals surface area contributed by atoms with Crippen LogP contribution in [0.3, 0.4) is 0 Å². The van der Waals surface area contributed by atoms with Crippen molar-refractivity contribution in [3.05, 3.63) is 36.7 Å². The number of nitrogens with zero attached hydrogens (tertiary/aromatic N) is 3. The Morgan fingerprint density at radius 1 is 1.18 bits per heavy atom. The molecule has 0 bridgehead atoms. The summed E-state index contributed by atoms with van der Waals surface area (Å²) in [6.07, 6.45) is 3.42. The number of benzene rings is 1. The van der Waals surface area contributed by atoms with Crippen molar-refractivity contribution < 1.29 is 14.3 Å². The average Bonchev–Trinajstić information content (AvgIpc) is 2.67. The Kier molecular flexibility index (Phi) is 6.61. The van der Waals surface area contributed by atoms with E-state index in [9.17, 15) is 4.79 Å². The second kappa shape index (κ2) is 8.95. The topological polar surface area (TPSA) is 64.5 Å². The standard InChI is InChI=1S/C21H27AsN3O3/c1-21(2,3)28-20(26)25-11-9-15(10-12-25)22-19-13-17(23-14-24-19)16-7-5-6-8-18(16)27-4/h5-8,13-15H,9-12H2,1-4H3. The van der Waals surface area contributed by atoms with Crippen molar-refractivity contribution in [1.82, 2.24) is 14.9 Å². The van der Waals surface area contributed by atoms with Crippen LogP contribution >= 0.6 is 0 Å². The monoisotopic (exact) mass is 444 g/mol. The maximum atomic E-state index is 12.2. The van der Waals surface area contributed by atoms with E-state index in [1.807, 2.05) is 49.9 Å². The van der Waals surface area contributed by atoms with Crippen LogP contribution in [-0.2, 0) is 4.74 Å². The SMILES string of the molecule is COc1ccccc1-c1cc([As]C2CCN(C(=O)OC(C)(C)C)CC2)ncn1. The summed E-state index contributed by atoms with van der Waals surface area (Å²) in [6, 6.07) is 9.98. The third-order valence-electron chi connectivity index (χ3n) is 4.47. The molecule has 1 aliphatic heterocycles.